The summed E-state index contributed by atoms with van der Waals surface area (Å²) in [5.41, 5.74) is 6.59. The van der Waals surface area contributed by atoms with E-state index in [-0.39, 0.29) is 0 Å². The molecule has 20 heavy (non-hydrogen) atoms. The van der Waals surface area contributed by atoms with Crippen molar-refractivity contribution in [3.8, 4) is 11.5 Å². The van der Waals surface area contributed by atoms with Gasteiger partial charge in [0.2, 0.25) is 0 Å². The van der Waals surface area contributed by atoms with Crippen molar-refractivity contribution >= 4 is 23.2 Å². The molecular weight excluding hydrogens is 274 g/mol. The Bertz CT molecular complexity index is 638. The van der Waals surface area contributed by atoms with Gasteiger partial charge in [-0.05, 0) is 36.4 Å². The smallest absolute Gasteiger partial charge is 0.347 e. The van der Waals surface area contributed by atoms with E-state index in [2.05, 4.69) is 0 Å². The predicted molar refractivity (Wildman–Crippen MR) is 80.3 cm³/mol. The number of esters is 1. The van der Waals surface area contributed by atoms with Crippen LogP contribution in [-0.2, 0) is 0 Å². The minimum absolute atomic E-state index is 0.299. The molecule has 102 valence electrons. The van der Waals surface area contributed by atoms with E-state index in [4.69, 9.17) is 27.4 Å². The van der Waals surface area contributed by atoms with Crippen LogP contribution in [-0.4, -0.2) is 18.1 Å². The lowest BCUT2D eigenvalue weighted by atomic mass is 10.2. The molecule has 0 saturated carbocycles. The molecule has 0 amide bonds. The van der Waals surface area contributed by atoms with Crippen molar-refractivity contribution in [1.82, 2.24) is 0 Å². The van der Waals surface area contributed by atoms with Gasteiger partial charge in [0.25, 0.3) is 0 Å². The number of hydrogen-bond acceptors (Lipinski definition) is 4. The van der Waals surface area contributed by atoms with Crippen molar-refractivity contribution < 1.29 is 14.3 Å². The van der Waals surface area contributed by atoms with Crippen LogP contribution >= 0.6 is 12.2 Å². The quantitative estimate of drug-likeness (QED) is 0.532. The zero-order valence-corrected chi connectivity index (χ0v) is 11.6. The van der Waals surface area contributed by atoms with Crippen molar-refractivity contribution in [3.05, 3.63) is 59.7 Å². The summed E-state index contributed by atoms with van der Waals surface area (Å²) in [5.74, 6) is 0.406. The first-order chi connectivity index (χ1) is 9.61. The molecule has 0 atom stereocenters. The van der Waals surface area contributed by atoms with Crippen molar-refractivity contribution in [3.63, 3.8) is 0 Å². The summed E-state index contributed by atoms with van der Waals surface area (Å²) in [6.45, 7) is 0. The first-order valence-corrected chi connectivity index (χ1v) is 6.27. The lowest BCUT2D eigenvalue weighted by molar-refractivity contribution is 0.0731. The zero-order valence-electron chi connectivity index (χ0n) is 10.8. The standard InChI is InChI=1S/C15H13NO3S/c1-18-13-5-3-2-4-12(13)15(17)19-11-8-6-10(7-9-11)14(16)20/h2-9H,1H3,(H2,16,20). The fourth-order valence-corrected chi connectivity index (χ4v) is 1.80. The van der Waals surface area contributed by atoms with Gasteiger partial charge in [0, 0.05) is 5.56 Å². The highest BCUT2D eigenvalue weighted by Gasteiger charge is 2.13. The third-order valence-electron chi connectivity index (χ3n) is 2.68. The second kappa shape index (κ2) is 6.16. The molecule has 0 bridgehead atoms. The van der Waals surface area contributed by atoms with E-state index in [1.807, 2.05) is 0 Å². The van der Waals surface area contributed by atoms with Gasteiger partial charge < -0.3 is 15.2 Å². The van der Waals surface area contributed by atoms with Gasteiger partial charge in [-0.15, -0.1) is 0 Å². The molecular formula is C15H13NO3S. The summed E-state index contributed by atoms with van der Waals surface area (Å²) in [5, 5.41) is 0. The second-order valence-electron chi connectivity index (χ2n) is 3.98. The van der Waals surface area contributed by atoms with Gasteiger partial charge in [-0.25, -0.2) is 4.79 Å². The third-order valence-corrected chi connectivity index (χ3v) is 2.91. The van der Waals surface area contributed by atoms with Crippen LogP contribution in [0.5, 0.6) is 11.5 Å². The molecule has 2 aromatic rings. The maximum atomic E-state index is 12.1. The highest BCUT2D eigenvalue weighted by molar-refractivity contribution is 7.80. The first-order valence-electron chi connectivity index (χ1n) is 5.87. The average Bonchev–Trinajstić information content (AvgIpc) is 2.47. The number of ether oxygens (including phenoxy) is 2. The second-order valence-corrected chi connectivity index (χ2v) is 4.42. The number of carbonyl (C=O) groups excluding carboxylic acids is 1. The van der Waals surface area contributed by atoms with Gasteiger partial charge in [0.05, 0.1) is 7.11 Å². The number of methoxy groups -OCH3 is 1. The number of carbonyl (C=O) groups is 1. The fraction of sp³-hybridized carbons (Fsp3) is 0.0667. The number of hydrogen-bond donors (Lipinski definition) is 1. The summed E-state index contributed by atoms with van der Waals surface area (Å²) >= 11 is 4.86. The lowest BCUT2D eigenvalue weighted by Crippen LogP contribution is -2.11. The maximum Gasteiger partial charge on any atom is 0.347 e. The van der Waals surface area contributed by atoms with Gasteiger partial charge in [-0.2, -0.15) is 0 Å². The van der Waals surface area contributed by atoms with E-state index >= 15 is 0 Å². The molecule has 0 aliphatic carbocycles. The number of rotatable bonds is 4. The summed E-state index contributed by atoms with van der Waals surface area (Å²) < 4.78 is 10.4. The molecule has 5 heteroatoms. The Labute approximate surface area is 122 Å². The van der Waals surface area contributed by atoms with Crippen LogP contribution in [0, 0.1) is 0 Å². The van der Waals surface area contributed by atoms with Gasteiger partial charge in [-0.1, -0.05) is 24.4 Å². The van der Waals surface area contributed by atoms with Crippen molar-refractivity contribution in [2.75, 3.05) is 7.11 Å². The van der Waals surface area contributed by atoms with Crippen LogP contribution < -0.4 is 15.2 Å². The third kappa shape index (κ3) is 3.13. The molecule has 0 fully saturated rings. The molecule has 2 aromatic carbocycles. The average molecular weight is 287 g/mol. The normalized spacial score (nSPS) is 9.85. The van der Waals surface area contributed by atoms with Crippen molar-refractivity contribution in [1.29, 1.82) is 0 Å². The van der Waals surface area contributed by atoms with Crippen LogP contribution in [0.2, 0.25) is 0 Å². The molecule has 2 rings (SSSR count). The topological polar surface area (TPSA) is 61.5 Å². The fourth-order valence-electron chi connectivity index (χ4n) is 1.66. The molecule has 0 spiro atoms. The number of nitrogens with two attached hydrogens (primary N) is 1. The van der Waals surface area contributed by atoms with Crippen LogP contribution in [0.25, 0.3) is 0 Å². The van der Waals surface area contributed by atoms with Gasteiger partial charge in [-0.3, -0.25) is 0 Å². The van der Waals surface area contributed by atoms with E-state index in [1.54, 1.807) is 48.5 Å². The molecule has 0 heterocycles. The molecule has 0 aromatic heterocycles. The van der Waals surface area contributed by atoms with Crippen LogP contribution in [0.4, 0.5) is 0 Å². The van der Waals surface area contributed by atoms with Gasteiger partial charge in [0.15, 0.2) is 0 Å². The van der Waals surface area contributed by atoms with E-state index in [1.165, 1.54) is 7.11 Å². The number of benzene rings is 2. The van der Waals surface area contributed by atoms with E-state index < -0.39 is 5.97 Å². The summed E-state index contributed by atoms with van der Waals surface area (Å²) in [6, 6.07) is 13.6. The molecule has 4 nitrogen and oxygen atoms in total. The largest absolute Gasteiger partial charge is 0.496 e. The Hall–Kier alpha value is -2.40. The molecule has 0 aliphatic heterocycles. The monoisotopic (exact) mass is 287 g/mol. The molecule has 0 radical (unpaired) electrons. The Morgan fingerprint density at radius 2 is 1.75 bits per heavy atom. The Balaban J connectivity index is 2.17. The Morgan fingerprint density at radius 3 is 2.35 bits per heavy atom. The van der Waals surface area contributed by atoms with E-state index in [9.17, 15) is 4.79 Å². The Kier molecular flexibility index (Phi) is 4.32. The summed E-state index contributed by atoms with van der Waals surface area (Å²) in [4.78, 5) is 12.4. The minimum atomic E-state index is -0.481. The highest BCUT2D eigenvalue weighted by Crippen LogP contribution is 2.20. The molecule has 0 saturated heterocycles. The number of para-hydroxylation sites is 1. The molecule has 0 unspecified atom stereocenters. The van der Waals surface area contributed by atoms with Crippen molar-refractivity contribution in [2.24, 2.45) is 5.73 Å². The van der Waals surface area contributed by atoms with Crippen molar-refractivity contribution in [2.45, 2.75) is 0 Å². The number of thiocarbonyl (C=S) groups is 1. The lowest BCUT2D eigenvalue weighted by Gasteiger charge is -2.08. The van der Waals surface area contributed by atoms with E-state index in [0.717, 1.165) is 5.56 Å². The SMILES string of the molecule is COc1ccccc1C(=O)Oc1ccc(C(N)=S)cc1. The van der Waals surface area contributed by atoms with Gasteiger partial charge >= 0.3 is 5.97 Å². The zero-order chi connectivity index (χ0) is 14.5. The predicted octanol–water partition coefficient (Wildman–Crippen LogP) is 2.55. The van der Waals surface area contributed by atoms with Crippen LogP contribution in [0.15, 0.2) is 48.5 Å². The van der Waals surface area contributed by atoms with Crippen LogP contribution in [0.3, 0.4) is 0 Å². The molecule has 2 N–H and O–H groups in total. The summed E-state index contributed by atoms with van der Waals surface area (Å²) in [6.07, 6.45) is 0. The van der Waals surface area contributed by atoms with Crippen LogP contribution in [0.1, 0.15) is 15.9 Å². The van der Waals surface area contributed by atoms with Gasteiger partial charge in [0.1, 0.15) is 22.1 Å². The maximum absolute atomic E-state index is 12.1. The van der Waals surface area contributed by atoms with E-state index in [0.29, 0.717) is 22.1 Å². The first kappa shape index (κ1) is 14.0. The summed E-state index contributed by atoms with van der Waals surface area (Å²) in [7, 11) is 1.50. The molecule has 0 aliphatic rings. The highest BCUT2D eigenvalue weighted by atomic mass is 32.1. The Morgan fingerprint density at radius 1 is 1.10 bits per heavy atom. The minimum Gasteiger partial charge on any atom is -0.496 e.